The number of halogens is 2. The van der Waals surface area contributed by atoms with Crippen LogP contribution >= 0.6 is 27.5 Å². The zero-order valence-electron chi connectivity index (χ0n) is 12.4. The minimum Gasteiger partial charge on any atom is -0.465 e. The van der Waals surface area contributed by atoms with E-state index in [9.17, 15) is 4.79 Å². The van der Waals surface area contributed by atoms with Gasteiger partial charge in [0.15, 0.2) is 0 Å². The van der Waals surface area contributed by atoms with Gasteiger partial charge >= 0.3 is 13.1 Å². The summed E-state index contributed by atoms with van der Waals surface area (Å²) < 4.78 is 16.4. The van der Waals surface area contributed by atoms with Gasteiger partial charge in [-0.15, -0.1) is 11.6 Å². The third kappa shape index (κ3) is 2.87. The number of carbonyl (C=O) groups excluding carboxylic acids is 1. The van der Waals surface area contributed by atoms with Crippen molar-refractivity contribution < 1.29 is 18.8 Å². The summed E-state index contributed by atoms with van der Waals surface area (Å²) in [5.74, 6) is -0.425. The van der Waals surface area contributed by atoms with Crippen molar-refractivity contribution in [1.29, 1.82) is 0 Å². The average molecular weight is 375 g/mol. The molecule has 1 fully saturated rings. The predicted molar refractivity (Wildman–Crippen MR) is 86.4 cm³/mol. The van der Waals surface area contributed by atoms with Crippen molar-refractivity contribution in [3.05, 3.63) is 29.8 Å². The van der Waals surface area contributed by atoms with Gasteiger partial charge in [-0.25, -0.2) is 4.79 Å². The van der Waals surface area contributed by atoms with Crippen LogP contribution in [0.1, 0.15) is 31.1 Å². The van der Waals surface area contributed by atoms with Crippen LogP contribution in [0.3, 0.4) is 0 Å². The van der Waals surface area contributed by atoms with E-state index in [0.29, 0.717) is 11.0 Å². The molecular formula is C14H17BBrClO4. The molecule has 1 saturated heterocycles. The molecule has 1 aromatic rings. The first kappa shape index (κ1) is 16.8. The summed E-state index contributed by atoms with van der Waals surface area (Å²) in [7, 11) is 0.663. The molecule has 2 atom stereocenters. The van der Waals surface area contributed by atoms with E-state index < -0.39 is 28.6 Å². The van der Waals surface area contributed by atoms with Crippen molar-refractivity contribution in [1.82, 2.24) is 0 Å². The molecule has 1 aromatic carbocycles. The molecule has 0 spiro atoms. The summed E-state index contributed by atoms with van der Waals surface area (Å²) in [6.45, 7) is 5.69. The quantitative estimate of drug-likeness (QED) is 0.463. The van der Waals surface area contributed by atoms with Gasteiger partial charge in [-0.3, -0.25) is 0 Å². The highest BCUT2D eigenvalue weighted by Gasteiger charge is 2.58. The second kappa shape index (κ2) is 5.91. The third-order valence-electron chi connectivity index (χ3n) is 3.99. The zero-order valence-corrected chi connectivity index (χ0v) is 14.7. The van der Waals surface area contributed by atoms with Gasteiger partial charge in [-0.05, 0) is 32.3 Å². The van der Waals surface area contributed by atoms with Gasteiger partial charge in [-0.2, -0.15) is 0 Å². The molecule has 0 radical (unpaired) electrons. The Kier molecular flexibility index (Phi) is 4.73. The number of esters is 1. The highest BCUT2D eigenvalue weighted by Crippen LogP contribution is 2.43. The summed E-state index contributed by atoms with van der Waals surface area (Å²) in [5, 5.41) is 0. The number of ether oxygens (including phenoxy) is 1. The molecule has 4 nitrogen and oxygen atoms in total. The van der Waals surface area contributed by atoms with Gasteiger partial charge in [0.1, 0.15) is 9.89 Å². The normalized spacial score (nSPS) is 25.7. The third-order valence-corrected chi connectivity index (χ3v) is 5.28. The highest BCUT2D eigenvalue weighted by atomic mass is 79.9. The van der Waals surface area contributed by atoms with E-state index >= 15 is 0 Å². The SMILES string of the molecule is COC(=O)c1ccccc1B1OC(C)(C)C(C)(C(Cl)Br)O1. The Bertz CT molecular complexity index is 552. The van der Waals surface area contributed by atoms with Crippen LogP contribution in [0.15, 0.2) is 24.3 Å². The van der Waals surface area contributed by atoms with Gasteiger partial charge in [0, 0.05) is 0 Å². The van der Waals surface area contributed by atoms with Crippen LogP contribution in [-0.2, 0) is 14.0 Å². The van der Waals surface area contributed by atoms with Crippen molar-refractivity contribution in [2.75, 3.05) is 7.11 Å². The lowest BCUT2D eigenvalue weighted by Crippen LogP contribution is -2.49. The molecule has 1 heterocycles. The fourth-order valence-corrected chi connectivity index (χ4v) is 3.19. The molecule has 1 aliphatic heterocycles. The van der Waals surface area contributed by atoms with Crippen molar-refractivity contribution in [2.24, 2.45) is 0 Å². The molecule has 0 aromatic heterocycles. The average Bonchev–Trinajstić information content (AvgIpc) is 2.69. The minimum atomic E-state index is -0.748. The monoisotopic (exact) mass is 374 g/mol. The summed E-state index contributed by atoms with van der Waals surface area (Å²) in [6.07, 6.45) is 0. The van der Waals surface area contributed by atoms with Gasteiger partial charge in [0.2, 0.25) is 0 Å². The molecule has 7 heteroatoms. The Hall–Kier alpha value is -0.555. The van der Waals surface area contributed by atoms with Crippen LogP contribution in [0.25, 0.3) is 0 Å². The molecule has 0 N–H and O–H groups in total. The van der Waals surface area contributed by atoms with Crippen LogP contribution in [0.5, 0.6) is 0 Å². The van der Waals surface area contributed by atoms with Crippen LogP contribution in [-0.4, -0.2) is 35.7 Å². The van der Waals surface area contributed by atoms with Gasteiger partial charge in [0.05, 0.1) is 18.3 Å². The van der Waals surface area contributed by atoms with Crippen LogP contribution < -0.4 is 5.46 Å². The second-order valence-electron chi connectivity index (χ2n) is 5.56. The number of carbonyl (C=O) groups is 1. The zero-order chi connectivity index (χ0) is 15.8. The van der Waals surface area contributed by atoms with Crippen LogP contribution in [0, 0.1) is 0 Å². The summed E-state index contributed by atoms with van der Waals surface area (Å²) in [4.78, 5) is 11.9. The fourth-order valence-electron chi connectivity index (χ4n) is 2.21. The topological polar surface area (TPSA) is 44.8 Å². The molecule has 1 aliphatic rings. The predicted octanol–water partition coefficient (Wildman–Crippen LogP) is 2.71. The molecule has 114 valence electrons. The molecule has 0 amide bonds. The number of hydrogen-bond donors (Lipinski definition) is 0. The van der Waals surface area contributed by atoms with E-state index in [4.69, 9.17) is 25.6 Å². The van der Waals surface area contributed by atoms with E-state index in [2.05, 4.69) is 15.9 Å². The molecule has 0 bridgehead atoms. The molecular weight excluding hydrogens is 358 g/mol. The second-order valence-corrected chi connectivity index (χ2v) is 7.44. The number of hydrogen-bond acceptors (Lipinski definition) is 4. The lowest BCUT2D eigenvalue weighted by Gasteiger charge is -2.37. The Balaban J connectivity index is 2.40. The maximum atomic E-state index is 11.9. The van der Waals surface area contributed by atoms with Crippen molar-refractivity contribution >= 4 is 46.1 Å². The molecule has 2 rings (SSSR count). The van der Waals surface area contributed by atoms with Gasteiger partial charge in [0.25, 0.3) is 0 Å². The smallest absolute Gasteiger partial charge is 0.465 e. The Morgan fingerprint density at radius 2 is 1.95 bits per heavy atom. The first-order valence-corrected chi connectivity index (χ1v) is 7.89. The van der Waals surface area contributed by atoms with Crippen molar-refractivity contribution in [3.63, 3.8) is 0 Å². The maximum absolute atomic E-state index is 11.9. The summed E-state index contributed by atoms with van der Waals surface area (Å²) >= 11 is 9.58. The maximum Gasteiger partial charge on any atom is 0.495 e. The van der Waals surface area contributed by atoms with E-state index in [1.165, 1.54) is 7.11 Å². The van der Waals surface area contributed by atoms with E-state index in [-0.39, 0.29) is 0 Å². The minimum absolute atomic E-state index is 0.422. The highest BCUT2D eigenvalue weighted by molar-refractivity contribution is 9.10. The molecule has 2 unspecified atom stereocenters. The first-order valence-electron chi connectivity index (χ1n) is 6.54. The summed E-state index contributed by atoms with van der Waals surface area (Å²) in [5.41, 5.74) is -0.323. The summed E-state index contributed by atoms with van der Waals surface area (Å²) in [6, 6.07) is 7.06. The van der Waals surface area contributed by atoms with Gasteiger partial charge < -0.3 is 14.0 Å². The number of methoxy groups -OCH3 is 1. The van der Waals surface area contributed by atoms with Crippen LogP contribution in [0.4, 0.5) is 0 Å². The number of benzene rings is 1. The van der Waals surface area contributed by atoms with Crippen molar-refractivity contribution in [3.8, 4) is 0 Å². The Labute approximate surface area is 138 Å². The van der Waals surface area contributed by atoms with Gasteiger partial charge in [-0.1, -0.05) is 34.1 Å². The van der Waals surface area contributed by atoms with Crippen molar-refractivity contribution in [2.45, 2.75) is 36.3 Å². The fraction of sp³-hybridized carbons (Fsp3) is 0.500. The first-order chi connectivity index (χ1) is 9.73. The lowest BCUT2D eigenvalue weighted by atomic mass is 9.76. The Morgan fingerprint density at radius 1 is 1.33 bits per heavy atom. The largest absolute Gasteiger partial charge is 0.495 e. The standard InChI is InChI=1S/C14H17BBrClO4/c1-13(2)14(3,12(16)17)21-15(20-13)10-8-6-5-7-9(10)11(18)19-4/h5-8,12H,1-4H3. The lowest BCUT2D eigenvalue weighted by molar-refractivity contribution is 0.00373. The molecule has 0 aliphatic carbocycles. The molecule has 21 heavy (non-hydrogen) atoms. The van der Waals surface area contributed by atoms with E-state index in [1.54, 1.807) is 18.2 Å². The van der Waals surface area contributed by atoms with E-state index in [0.717, 1.165) is 0 Å². The van der Waals surface area contributed by atoms with E-state index in [1.807, 2.05) is 26.8 Å². The number of rotatable bonds is 3. The molecule has 0 saturated carbocycles. The Morgan fingerprint density at radius 3 is 2.48 bits per heavy atom. The van der Waals surface area contributed by atoms with Crippen LogP contribution in [0.2, 0.25) is 0 Å². The number of alkyl halides is 2.